The lowest BCUT2D eigenvalue weighted by Gasteiger charge is -2.16. The first-order chi connectivity index (χ1) is 8.93. The van der Waals surface area contributed by atoms with Crippen LogP contribution in [0.2, 0.25) is 0 Å². The molecule has 0 heterocycles. The van der Waals surface area contributed by atoms with Crippen LogP contribution in [0.3, 0.4) is 0 Å². The van der Waals surface area contributed by atoms with E-state index in [2.05, 4.69) is 5.32 Å². The molecule has 0 aliphatic rings. The highest BCUT2D eigenvalue weighted by molar-refractivity contribution is 5.84. The van der Waals surface area contributed by atoms with Gasteiger partial charge in [0.15, 0.2) is 0 Å². The standard InChI is InChI=1S/C14H16N2O3/c1-9(2)13(17)16-12(14(18)19)7-10-4-3-5-11(6-10)8-15/h3-6,9,12H,7H2,1-2H3,(H,16,17)(H,18,19)/t12-/m0/s1. The second kappa shape index (κ2) is 6.55. The van der Waals surface area contributed by atoms with E-state index in [9.17, 15) is 9.59 Å². The van der Waals surface area contributed by atoms with Gasteiger partial charge in [0.2, 0.25) is 5.91 Å². The molecule has 0 bridgehead atoms. The molecular weight excluding hydrogens is 244 g/mol. The number of aliphatic carboxylic acids is 1. The lowest BCUT2D eigenvalue weighted by Crippen LogP contribution is -2.44. The topological polar surface area (TPSA) is 90.2 Å². The van der Waals surface area contributed by atoms with Crippen molar-refractivity contribution in [2.75, 3.05) is 0 Å². The predicted molar refractivity (Wildman–Crippen MR) is 69.3 cm³/mol. The summed E-state index contributed by atoms with van der Waals surface area (Å²) in [7, 11) is 0. The lowest BCUT2D eigenvalue weighted by atomic mass is 10.0. The van der Waals surface area contributed by atoms with E-state index in [4.69, 9.17) is 10.4 Å². The van der Waals surface area contributed by atoms with Crippen molar-refractivity contribution in [1.82, 2.24) is 5.32 Å². The molecule has 0 unspecified atom stereocenters. The van der Waals surface area contributed by atoms with Crippen molar-refractivity contribution in [1.29, 1.82) is 5.26 Å². The number of carbonyl (C=O) groups excluding carboxylic acids is 1. The molecule has 0 aromatic heterocycles. The van der Waals surface area contributed by atoms with Gasteiger partial charge in [0.1, 0.15) is 6.04 Å². The molecular formula is C14H16N2O3. The Labute approximate surface area is 111 Å². The molecule has 0 aliphatic heterocycles. The van der Waals surface area contributed by atoms with E-state index in [0.717, 1.165) is 0 Å². The monoisotopic (exact) mass is 260 g/mol. The highest BCUT2D eigenvalue weighted by atomic mass is 16.4. The van der Waals surface area contributed by atoms with Gasteiger partial charge in [-0.15, -0.1) is 0 Å². The first-order valence-corrected chi connectivity index (χ1v) is 5.96. The number of benzene rings is 1. The Bertz CT molecular complexity index is 518. The summed E-state index contributed by atoms with van der Waals surface area (Å²) in [6.45, 7) is 3.40. The van der Waals surface area contributed by atoms with Crippen LogP contribution in [0.1, 0.15) is 25.0 Å². The van der Waals surface area contributed by atoms with Crippen LogP contribution < -0.4 is 5.32 Å². The van der Waals surface area contributed by atoms with Gasteiger partial charge < -0.3 is 10.4 Å². The summed E-state index contributed by atoms with van der Waals surface area (Å²) in [4.78, 5) is 22.7. The molecule has 5 heteroatoms. The number of rotatable bonds is 5. The number of nitrogens with zero attached hydrogens (tertiary/aromatic N) is 1. The number of carboxylic acids is 1. The largest absolute Gasteiger partial charge is 0.480 e. The maximum Gasteiger partial charge on any atom is 0.326 e. The molecule has 1 rings (SSSR count). The van der Waals surface area contributed by atoms with Crippen molar-refractivity contribution >= 4 is 11.9 Å². The summed E-state index contributed by atoms with van der Waals surface area (Å²) < 4.78 is 0. The Morgan fingerprint density at radius 3 is 2.63 bits per heavy atom. The van der Waals surface area contributed by atoms with E-state index >= 15 is 0 Å². The zero-order valence-corrected chi connectivity index (χ0v) is 10.9. The molecule has 1 amide bonds. The summed E-state index contributed by atoms with van der Waals surface area (Å²) in [5.74, 6) is -1.66. The van der Waals surface area contributed by atoms with Crippen molar-refractivity contribution < 1.29 is 14.7 Å². The lowest BCUT2D eigenvalue weighted by molar-refractivity contribution is -0.142. The third-order valence-electron chi connectivity index (χ3n) is 2.63. The molecule has 0 radical (unpaired) electrons. The van der Waals surface area contributed by atoms with E-state index in [1.807, 2.05) is 6.07 Å². The van der Waals surface area contributed by atoms with Gasteiger partial charge in [-0.25, -0.2) is 4.79 Å². The fourth-order valence-electron chi connectivity index (χ4n) is 1.54. The summed E-state index contributed by atoms with van der Waals surface area (Å²) in [5.41, 5.74) is 1.17. The molecule has 5 nitrogen and oxygen atoms in total. The molecule has 0 aliphatic carbocycles. The van der Waals surface area contributed by atoms with Gasteiger partial charge in [0.25, 0.3) is 0 Å². The van der Waals surface area contributed by atoms with E-state index < -0.39 is 12.0 Å². The van der Waals surface area contributed by atoms with E-state index in [0.29, 0.717) is 11.1 Å². The molecule has 2 N–H and O–H groups in total. The van der Waals surface area contributed by atoms with Gasteiger partial charge in [-0.3, -0.25) is 4.79 Å². The number of nitrogens with one attached hydrogen (secondary N) is 1. The van der Waals surface area contributed by atoms with Gasteiger partial charge in [-0.05, 0) is 17.7 Å². The molecule has 1 aromatic carbocycles. The molecule has 1 aromatic rings. The van der Waals surface area contributed by atoms with Gasteiger partial charge in [-0.1, -0.05) is 26.0 Å². The van der Waals surface area contributed by atoms with Gasteiger partial charge >= 0.3 is 5.97 Å². The highest BCUT2D eigenvalue weighted by Gasteiger charge is 2.21. The third-order valence-corrected chi connectivity index (χ3v) is 2.63. The van der Waals surface area contributed by atoms with Crippen LogP contribution in [-0.2, 0) is 16.0 Å². The molecule has 0 saturated carbocycles. The summed E-state index contributed by atoms with van der Waals surface area (Å²) in [6, 6.07) is 7.70. The van der Waals surface area contributed by atoms with E-state index in [1.54, 1.807) is 38.1 Å². The van der Waals surface area contributed by atoms with Crippen molar-refractivity contribution in [3.05, 3.63) is 35.4 Å². The fourth-order valence-corrected chi connectivity index (χ4v) is 1.54. The maximum atomic E-state index is 11.5. The zero-order valence-electron chi connectivity index (χ0n) is 10.9. The number of hydrogen-bond donors (Lipinski definition) is 2. The highest BCUT2D eigenvalue weighted by Crippen LogP contribution is 2.08. The summed E-state index contributed by atoms with van der Waals surface area (Å²) >= 11 is 0. The van der Waals surface area contributed by atoms with Crippen molar-refractivity contribution in [3.8, 4) is 6.07 Å². The summed E-state index contributed by atoms with van der Waals surface area (Å²) in [5, 5.41) is 20.4. The molecule has 19 heavy (non-hydrogen) atoms. The van der Waals surface area contributed by atoms with E-state index in [-0.39, 0.29) is 18.2 Å². The Balaban J connectivity index is 2.81. The molecule has 0 spiro atoms. The van der Waals surface area contributed by atoms with Crippen LogP contribution in [0.4, 0.5) is 0 Å². The minimum atomic E-state index is -1.09. The van der Waals surface area contributed by atoms with Gasteiger partial charge in [0.05, 0.1) is 11.6 Å². The molecule has 100 valence electrons. The SMILES string of the molecule is CC(C)C(=O)N[C@@H](Cc1cccc(C#N)c1)C(=O)O. The fraction of sp³-hybridized carbons (Fsp3) is 0.357. The van der Waals surface area contributed by atoms with Crippen molar-refractivity contribution in [2.24, 2.45) is 5.92 Å². The predicted octanol–water partition coefficient (Wildman–Crippen LogP) is 1.33. The van der Waals surface area contributed by atoms with E-state index in [1.165, 1.54) is 0 Å². The van der Waals surface area contributed by atoms with Crippen molar-refractivity contribution in [3.63, 3.8) is 0 Å². The van der Waals surface area contributed by atoms with Gasteiger partial charge in [-0.2, -0.15) is 5.26 Å². The first kappa shape index (κ1) is 14.7. The Kier molecular flexibility index (Phi) is 5.07. The van der Waals surface area contributed by atoms with Crippen LogP contribution in [0.15, 0.2) is 24.3 Å². The smallest absolute Gasteiger partial charge is 0.326 e. The Hall–Kier alpha value is -2.35. The quantitative estimate of drug-likeness (QED) is 0.835. The zero-order chi connectivity index (χ0) is 14.4. The minimum Gasteiger partial charge on any atom is -0.480 e. The number of amides is 1. The Morgan fingerprint density at radius 1 is 1.42 bits per heavy atom. The number of nitriles is 1. The second-order valence-corrected chi connectivity index (χ2v) is 4.57. The average molecular weight is 260 g/mol. The van der Waals surface area contributed by atoms with Crippen LogP contribution in [-0.4, -0.2) is 23.0 Å². The van der Waals surface area contributed by atoms with Crippen LogP contribution in [0.5, 0.6) is 0 Å². The van der Waals surface area contributed by atoms with Crippen LogP contribution in [0.25, 0.3) is 0 Å². The van der Waals surface area contributed by atoms with Gasteiger partial charge in [0, 0.05) is 12.3 Å². The average Bonchev–Trinajstić information content (AvgIpc) is 2.37. The normalized spacial score (nSPS) is 11.7. The van der Waals surface area contributed by atoms with Crippen LogP contribution in [0, 0.1) is 17.2 Å². The van der Waals surface area contributed by atoms with Crippen LogP contribution >= 0.6 is 0 Å². The maximum absolute atomic E-state index is 11.5. The summed E-state index contributed by atoms with van der Waals surface area (Å²) in [6.07, 6.45) is 0.156. The minimum absolute atomic E-state index is 0.156. The molecule has 0 fully saturated rings. The third kappa shape index (κ3) is 4.43. The number of carboxylic acid groups (broad SMARTS) is 1. The molecule has 0 saturated heterocycles. The number of carbonyl (C=O) groups is 2. The Morgan fingerprint density at radius 2 is 2.11 bits per heavy atom. The number of hydrogen-bond acceptors (Lipinski definition) is 3. The van der Waals surface area contributed by atoms with Crippen molar-refractivity contribution in [2.45, 2.75) is 26.3 Å². The molecule has 1 atom stereocenters. The second-order valence-electron chi connectivity index (χ2n) is 4.57. The first-order valence-electron chi connectivity index (χ1n) is 5.96.